The average molecular weight is 298 g/mol. The van der Waals surface area contributed by atoms with Gasteiger partial charge in [0.1, 0.15) is 6.33 Å². The van der Waals surface area contributed by atoms with Gasteiger partial charge < -0.3 is 4.90 Å². The van der Waals surface area contributed by atoms with Crippen molar-refractivity contribution in [2.75, 3.05) is 31.1 Å². The summed E-state index contributed by atoms with van der Waals surface area (Å²) in [5.41, 5.74) is 0.871. The molecule has 116 valence electrons. The Morgan fingerprint density at radius 3 is 2.73 bits per heavy atom. The van der Waals surface area contributed by atoms with Crippen molar-refractivity contribution in [3.63, 3.8) is 0 Å². The molecule has 2 saturated carbocycles. The van der Waals surface area contributed by atoms with E-state index in [0.717, 1.165) is 55.5 Å². The zero-order valence-electron chi connectivity index (χ0n) is 12.8. The molecule has 0 unspecified atom stereocenters. The number of anilines is 1. The SMILES string of the molecule is c1cn2cnnc2c(N2CCN([C@@H]3C[C@H]4CC[C@H]3C4)CC2)n1. The highest BCUT2D eigenvalue weighted by molar-refractivity contribution is 5.63. The average Bonchev–Trinajstić information content (AvgIpc) is 3.30. The van der Waals surface area contributed by atoms with Gasteiger partial charge in [-0.1, -0.05) is 6.42 Å². The van der Waals surface area contributed by atoms with Crippen molar-refractivity contribution < 1.29 is 0 Å². The third-order valence-electron chi connectivity index (χ3n) is 5.98. The molecule has 3 atom stereocenters. The Morgan fingerprint density at radius 2 is 1.95 bits per heavy atom. The summed E-state index contributed by atoms with van der Waals surface area (Å²) in [5.74, 6) is 2.99. The van der Waals surface area contributed by atoms with Crippen LogP contribution in [-0.2, 0) is 0 Å². The van der Waals surface area contributed by atoms with E-state index >= 15 is 0 Å². The molecule has 1 aliphatic heterocycles. The highest BCUT2D eigenvalue weighted by Crippen LogP contribution is 2.46. The fourth-order valence-corrected chi connectivity index (χ4v) is 4.89. The van der Waals surface area contributed by atoms with Gasteiger partial charge in [-0.3, -0.25) is 9.30 Å². The normalized spacial score (nSPS) is 32.2. The lowest BCUT2D eigenvalue weighted by Gasteiger charge is -2.41. The highest BCUT2D eigenvalue weighted by Gasteiger charge is 2.42. The van der Waals surface area contributed by atoms with Gasteiger partial charge >= 0.3 is 0 Å². The maximum atomic E-state index is 4.55. The van der Waals surface area contributed by atoms with Crippen LogP contribution in [-0.4, -0.2) is 56.7 Å². The van der Waals surface area contributed by atoms with E-state index in [2.05, 4.69) is 25.0 Å². The number of hydrogen-bond acceptors (Lipinski definition) is 5. The quantitative estimate of drug-likeness (QED) is 0.839. The van der Waals surface area contributed by atoms with Crippen LogP contribution in [0.3, 0.4) is 0 Å². The first-order chi connectivity index (χ1) is 10.9. The lowest BCUT2D eigenvalue weighted by molar-refractivity contribution is 0.135. The van der Waals surface area contributed by atoms with Crippen LogP contribution in [0.4, 0.5) is 5.82 Å². The van der Waals surface area contributed by atoms with Gasteiger partial charge in [0.2, 0.25) is 5.65 Å². The third-order valence-corrected chi connectivity index (χ3v) is 5.98. The summed E-state index contributed by atoms with van der Waals surface area (Å²) >= 11 is 0. The molecule has 2 aromatic rings. The summed E-state index contributed by atoms with van der Waals surface area (Å²) < 4.78 is 1.95. The van der Waals surface area contributed by atoms with E-state index < -0.39 is 0 Å². The first-order valence-corrected chi connectivity index (χ1v) is 8.52. The molecule has 0 radical (unpaired) electrons. The van der Waals surface area contributed by atoms with Gasteiger partial charge in [0.15, 0.2) is 5.82 Å². The summed E-state index contributed by atoms with van der Waals surface area (Å²) in [6, 6.07) is 0.859. The summed E-state index contributed by atoms with van der Waals surface area (Å²) in [4.78, 5) is 9.66. The second kappa shape index (κ2) is 4.91. The van der Waals surface area contributed by atoms with Gasteiger partial charge in [-0.2, -0.15) is 0 Å². The first kappa shape index (κ1) is 12.8. The number of fused-ring (bicyclic) bond motifs is 3. The molecule has 5 rings (SSSR count). The first-order valence-electron chi connectivity index (χ1n) is 8.52. The Balaban J connectivity index is 1.31. The lowest BCUT2D eigenvalue weighted by atomic mass is 9.93. The molecular weight excluding hydrogens is 276 g/mol. The van der Waals surface area contributed by atoms with Crippen molar-refractivity contribution in [1.82, 2.24) is 24.5 Å². The van der Waals surface area contributed by atoms with Crippen LogP contribution in [0.25, 0.3) is 5.65 Å². The Hall–Kier alpha value is -1.69. The summed E-state index contributed by atoms with van der Waals surface area (Å²) in [7, 11) is 0. The van der Waals surface area contributed by atoms with Gasteiger partial charge in [0, 0.05) is 44.6 Å². The van der Waals surface area contributed by atoms with Gasteiger partial charge in [0.05, 0.1) is 0 Å². The fraction of sp³-hybridized carbons (Fsp3) is 0.688. The molecule has 3 heterocycles. The Labute approximate surface area is 130 Å². The van der Waals surface area contributed by atoms with Gasteiger partial charge in [-0.25, -0.2) is 4.98 Å². The van der Waals surface area contributed by atoms with Crippen molar-refractivity contribution >= 4 is 11.5 Å². The molecule has 22 heavy (non-hydrogen) atoms. The molecule has 3 fully saturated rings. The monoisotopic (exact) mass is 298 g/mol. The van der Waals surface area contributed by atoms with Crippen LogP contribution >= 0.6 is 0 Å². The van der Waals surface area contributed by atoms with Crippen molar-refractivity contribution in [2.45, 2.75) is 31.7 Å². The largest absolute Gasteiger partial charge is 0.351 e. The molecule has 0 spiro atoms. The minimum atomic E-state index is 0.859. The summed E-state index contributed by atoms with van der Waals surface area (Å²) in [6.07, 6.45) is 11.4. The second-order valence-electron chi connectivity index (χ2n) is 7.08. The maximum Gasteiger partial charge on any atom is 0.203 e. The summed E-state index contributed by atoms with van der Waals surface area (Å²) in [6.45, 7) is 4.41. The van der Waals surface area contributed by atoms with Crippen molar-refractivity contribution in [3.05, 3.63) is 18.7 Å². The van der Waals surface area contributed by atoms with E-state index in [-0.39, 0.29) is 0 Å². The lowest BCUT2D eigenvalue weighted by Crippen LogP contribution is -2.52. The Kier molecular flexibility index (Phi) is 2.86. The van der Waals surface area contributed by atoms with Crippen molar-refractivity contribution in [1.29, 1.82) is 0 Å². The number of aromatic nitrogens is 4. The molecule has 6 nitrogen and oxygen atoms in total. The minimum absolute atomic E-state index is 0.859. The maximum absolute atomic E-state index is 4.55. The van der Waals surface area contributed by atoms with Crippen LogP contribution in [0.5, 0.6) is 0 Å². The van der Waals surface area contributed by atoms with Gasteiger partial charge in [-0.05, 0) is 31.1 Å². The Bertz CT molecular complexity index is 674. The third kappa shape index (κ3) is 1.93. The van der Waals surface area contributed by atoms with E-state index in [4.69, 9.17) is 0 Å². The van der Waals surface area contributed by atoms with Crippen LogP contribution < -0.4 is 4.90 Å². The molecule has 0 N–H and O–H groups in total. The summed E-state index contributed by atoms with van der Waals surface area (Å²) in [5, 5.41) is 8.21. The van der Waals surface area contributed by atoms with E-state index in [9.17, 15) is 0 Å². The van der Waals surface area contributed by atoms with Crippen LogP contribution in [0.2, 0.25) is 0 Å². The standard InChI is InChI=1S/C16H22N6/c1-2-13-9-12(1)10-14(13)20-5-7-21(8-6-20)15-16-19-18-11-22(16)4-3-17-15/h3-4,11-14H,1-2,5-10H2/t12-,13-,14+/m0/s1. The molecule has 0 aromatic carbocycles. The van der Waals surface area contributed by atoms with E-state index in [1.165, 1.54) is 25.7 Å². The van der Waals surface area contributed by atoms with E-state index in [0.29, 0.717) is 0 Å². The molecule has 3 aliphatic rings. The van der Waals surface area contributed by atoms with Crippen LogP contribution in [0, 0.1) is 11.8 Å². The fourth-order valence-electron chi connectivity index (χ4n) is 4.89. The van der Waals surface area contributed by atoms with Crippen LogP contribution in [0.15, 0.2) is 18.7 Å². The molecule has 2 aromatic heterocycles. The molecule has 2 bridgehead atoms. The number of piperazine rings is 1. The number of hydrogen-bond donors (Lipinski definition) is 0. The second-order valence-corrected chi connectivity index (χ2v) is 7.08. The molecule has 0 amide bonds. The van der Waals surface area contributed by atoms with Crippen molar-refractivity contribution in [3.8, 4) is 0 Å². The van der Waals surface area contributed by atoms with Crippen LogP contribution in [0.1, 0.15) is 25.7 Å². The van der Waals surface area contributed by atoms with Crippen molar-refractivity contribution in [2.24, 2.45) is 11.8 Å². The number of rotatable bonds is 2. The topological polar surface area (TPSA) is 49.6 Å². The predicted octanol–water partition coefficient (Wildman–Crippen LogP) is 1.43. The molecule has 6 heteroatoms. The predicted molar refractivity (Wildman–Crippen MR) is 83.8 cm³/mol. The highest BCUT2D eigenvalue weighted by atomic mass is 15.3. The van der Waals surface area contributed by atoms with Gasteiger partial charge in [-0.15, -0.1) is 10.2 Å². The minimum Gasteiger partial charge on any atom is -0.351 e. The van der Waals surface area contributed by atoms with Gasteiger partial charge in [0.25, 0.3) is 0 Å². The zero-order chi connectivity index (χ0) is 14.5. The van der Waals surface area contributed by atoms with E-state index in [1.807, 2.05) is 16.8 Å². The molecule has 1 saturated heterocycles. The smallest absolute Gasteiger partial charge is 0.203 e. The molecule has 2 aliphatic carbocycles. The zero-order valence-corrected chi connectivity index (χ0v) is 12.8. The molecular formula is C16H22N6. The number of nitrogens with zero attached hydrogens (tertiary/aromatic N) is 6. The Morgan fingerprint density at radius 1 is 1.05 bits per heavy atom. The van der Waals surface area contributed by atoms with E-state index in [1.54, 1.807) is 6.33 Å².